The number of aliphatic carboxylic acids is 1. The number of hydrogen-bond donors (Lipinski definition) is 3. The van der Waals surface area contributed by atoms with Gasteiger partial charge in [0.1, 0.15) is 6.04 Å². The quantitative estimate of drug-likeness (QED) is 0.570. The van der Waals surface area contributed by atoms with Crippen molar-refractivity contribution in [3.05, 3.63) is 34.7 Å². The normalized spacial score (nSPS) is 11.6. The lowest BCUT2D eigenvalue weighted by Gasteiger charge is -2.14. The molecule has 1 rings (SSSR count). The van der Waals surface area contributed by atoms with Crippen LogP contribution in [0.5, 0.6) is 0 Å². The summed E-state index contributed by atoms with van der Waals surface area (Å²) in [5.41, 5.74) is 4.70. The average molecular weight is 295 g/mol. The van der Waals surface area contributed by atoms with E-state index in [1.807, 2.05) is 0 Å². The Morgan fingerprint density at radius 3 is 2.57 bits per heavy atom. The Balaban J connectivity index is 2.50. The average Bonchev–Trinajstić information content (AvgIpc) is 2.42. The maximum Gasteiger partial charge on any atom is 0.326 e. The van der Waals surface area contributed by atoms with E-state index >= 15 is 0 Å². The molecular weight excluding hydrogens is 278 g/mol. The van der Waals surface area contributed by atoms with Gasteiger partial charge in [0.05, 0.1) is 0 Å². The summed E-state index contributed by atoms with van der Waals surface area (Å²) in [6.45, 7) is 0.146. The molecule has 0 spiro atoms. The summed E-state index contributed by atoms with van der Waals surface area (Å²) in [5, 5.41) is 11.2. The van der Waals surface area contributed by atoms with Gasteiger partial charge in [0, 0.05) is 31.6 Å². The molecule has 0 unspecified atom stereocenters. The monoisotopic (exact) mass is 295 g/mol. The van der Waals surface area contributed by atoms with Crippen molar-refractivity contribution in [2.45, 2.75) is 31.8 Å². The minimum Gasteiger partial charge on any atom is -0.480 e. The first kappa shape index (κ1) is 16.4. The Labute approximate surface area is 120 Å². The molecule has 1 atom stereocenters. The van der Waals surface area contributed by atoms with Gasteiger partial charge in [-0.15, -0.1) is 0 Å². The number of primary amides is 1. The third kappa shape index (κ3) is 5.89. The second-order valence-corrected chi connectivity index (χ2v) is 4.45. The number of aryl methyl sites for hydroxylation is 1. The second-order valence-electron chi connectivity index (χ2n) is 4.45. The van der Waals surface area contributed by atoms with Gasteiger partial charge in [-0.1, -0.05) is 6.07 Å². The Kier molecular flexibility index (Phi) is 6.12. The number of aromatic nitrogens is 1. The predicted octanol–water partition coefficient (Wildman–Crippen LogP) is -0.927. The van der Waals surface area contributed by atoms with Crippen LogP contribution in [0.4, 0.5) is 0 Å². The maximum atomic E-state index is 11.7. The van der Waals surface area contributed by atoms with Crippen LogP contribution in [0.3, 0.4) is 0 Å². The van der Waals surface area contributed by atoms with Crippen LogP contribution in [0.15, 0.2) is 29.2 Å². The molecule has 21 heavy (non-hydrogen) atoms. The van der Waals surface area contributed by atoms with Crippen LogP contribution in [-0.4, -0.2) is 33.5 Å². The number of rotatable bonds is 8. The number of nitrogens with one attached hydrogen (secondary N) is 1. The Bertz CT molecular complexity index is 581. The molecule has 0 aliphatic heterocycles. The Morgan fingerprint density at radius 2 is 2.00 bits per heavy atom. The van der Waals surface area contributed by atoms with E-state index in [4.69, 9.17) is 10.8 Å². The highest BCUT2D eigenvalue weighted by molar-refractivity contribution is 5.84. The van der Waals surface area contributed by atoms with Crippen molar-refractivity contribution in [2.75, 3.05) is 0 Å². The van der Waals surface area contributed by atoms with Gasteiger partial charge in [-0.25, -0.2) is 4.79 Å². The van der Waals surface area contributed by atoms with Crippen LogP contribution in [-0.2, 0) is 20.9 Å². The number of pyridine rings is 1. The first-order valence-electron chi connectivity index (χ1n) is 6.36. The molecule has 2 amide bonds. The van der Waals surface area contributed by atoms with Gasteiger partial charge in [0.2, 0.25) is 11.8 Å². The lowest BCUT2D eigenvalue weighted by Crippen LogP contribution is -2.41. The number of carboxylic acid groups (broad SMARTS) is 1. The molecule has 4 N–H and O–H groups in total. The molecule has 0 aliphatic carbocycles. The highest BCUT2D eigenvalue weighted by Gasteiger charge is 2.20. The zero-order chi connectivity index (χ0) is 15.8. The lowest BCUT2D eigenvalue weighted by molar-refractivity contribution is -0.142. The van der Waals surface area contributed by atoms with Crippen molar-refractivity contribution in [1.82, 2.24) is 9.88 Å². The van der Waals surface area contributed by atoms with Crippen LogP contribution in [0.2, 0.25) is 0 Å². The van der Waals surface area contributed by atoms with Gasteiger partial charge >= 0.3 is 5.97 Å². The first-order valence-corrected chi connectivity index (χ1v) is 6.36. The molecular formula is C13H17N3O5. The van der Waals surface area contributed by atoms with Gasteiger partial charge < -0.3 is 20.7 Å². The van der Waals surface area contributed by atoms with E-state index in [2.05, 4.69) is 5.32 Å². The number of amides is 2. The summed E-state index contributed by atoms with van der Waals surface area (Å²) in [6, 6.07) is 3.44. The van der Waals surface area contributed by atoms with Crippen LogP contribution in [0, 0.1) is 0 Å². The number of carbonyl (C=O) groups is 3. The fourth-order valence-corrected chi connectivity index (χ4v) is 1.68. The molecule has 1 aromatic heterocycles. The minimum atomic E-state index is -1.23. The summed E-state index contributed by atoms with van der Waals surface area (Å²) in [5.74, 6) is -2.38. The van der Waals surface area contributed by atoms with E-state index in [0.717, 1.165) is 0 Å². The fraction of sp³-hybridized carbons (Fsp3) is 0.385. The lowest BCUT2D eigenvalue weighted by atomic mass is 10.1. The largest absolute Gasteiger partial charge is 0.480 e. The fourth-order valence-electron chi connectivity index (χ4n) is 1.68. The van der Waals surface area contributed by atoms with Crippen LogP contribution in [0.25, 0.3) is 0 Å². The van der Waals surface area contributed by atoms with Gasteiger partial charge in [-0.3, -0.25) is 14.4 Å². The van der Waals surface area contributed by atoms with Gasteiger partial charge in [-0.2, -0.15) is 0 Å². The van der Waals surface area contributed by atoms with Crippen molar-refractivity contribution in [3.63, 3.8) is 0 Å². The number of carbonyl (C=O) groups excluding carboxylic acids is 2. The van der Waals surface area contributed by atoms with E-state index in [0.29, 0.717) is 0 Å². The Morgan fingerprint density at radius 1 is 1.29 bits per heavy atom. The number of nitrogens with zero attached hydrogens (tertiary/aromatic N) is 1. The minimum absolute atomic E-state index is 0.0374. The summed E-state index contributed by atoms with van der Waals surface area (Å²) < 4.78 is 1.35. The molecule has 0 aromatic carbocycles. The summed E-state index contributed by atoms with van der Waals surface area (Å²) in [4.78, 5) is 44.7. The van der Waals surface area contributed by atoms with Gasteiger partial charge in [0.15, 0.2) is 0 Å². The second kappa shape index (κ2) is 7.83. The first-order chi connectivity index (χ1) is 9.90. The summed E-state index contributed by atoms with van der Waals surface area (Å²) in [6.07, 6.45) is 1.30. The highest BCUT2D eigenvalue weighted by atomic mass is 16.4. The third-order valence-corrected chi connectivity index (χ3v) is 2.79. The molecule has 0 fully saturated rings. The zero-order valence-electron chi connectivity index (χ0n) is 11.3. The van der Waals surface area contributed by atoms with Crippen molar-refractivity contribution < 1.29 is 19.5 Å². The predicted molar refractivity (Wildman–Crippen MR) is 73.3 cm³/mol. The third-order valence-electron chi connectivity index (χ3n) is 2.79. The van der Waals surface area contributed by atoms with E-state index in [1.165, 1.54) is 16.8 Å². The van der Waals surface area contributed by atoms with Crippen LogP contribution >= 0.6 is 0 Å². The highest BCUT2D eigenvalue weighted by Crippen LogP contribution is 1.99. The number of carboxylic acids is 1. The molecule has 0 saturated heterocycles. The SMILES string of the molecule is NC(=O)CC[C@@H](NC(=O)CCn1ccccc1=O)C(=O)O. The van der Waals surface area contributed by atoms with E-state index < -0.39 is 23.8 Å². The molecule has 0 saturated carbocycles. The zero-order valence-corrected chi connectivity index (χ0v) is 11.3. The summed E-state index contributed by atoms with van der Waals surface area (Å²) in [7, 11) is 0. The number of hydrogen-bond acceptors (Lipinski definition) is 4. The van der Waals surface area contributed by atoms with E-state index in [1.54, 1.807) is 12.1 Å². The molecule has 114 valence electrons. The van der Waals surface area contributed by atoms with Crippen LogP contribution < -0.4 is 16.6 Å². The van der Waals surface area contributed by atoms with Crippen molar-refractivity contribution in [1.29, 1.82) is 0 Å². The molecule has 8 nitrogen and oxygen atoms in total. The van der Waals surface area contributed by atoms with Crippen molar-refractivity contribution >= 4 is 17.8 Å². The molecule has 1 aromatic rings. The van der Waals surface area contributed by atoms with Crippen LogP contribution in [0.1, 0.15) is 19.3 Å². The molecule has 1 heterocycles. The molecule has 0 aliphatic rings. The van der Waals surface area contributed by atoms with E-state index in [9.17, 15) is 19.2 Å². The number of nitrogens with two attached hydrogens (primary N) is 1. The van der Waals surface area contributed by atoms with E-state index in [-0.39, 0.29) is 31.4 Å². The Hall–Kier alpha value is -2.64. The van der Waals surface area contributed by atoms with Gasteiger partial charge in [-0.05, 0) is 12.5 Å². The summed E-state index contributed by atoms with van der Waals surface area (Å²) >= 11 is 0. The van der Waals surface area contributed by atoms with Gasteiger partial charge in [0.25, 0.3) is 5.56 Å². The molecule has 0 bridgehead atoms. The standard InChI is InChI=1S/C13H17N3O5/c14-10(17)5-4-9(13(20)21)15-11(18)6-8-16-7-2-1-3-12(16)19/h1-3,7,9H,4-6,8H2,(H2,14,17)(H,15,18)(H,20,21)/t9-/m1/s1. The smallest absolute Gasteiger partial charge is 0.326 e. The maximum absolute atomic E-state index is 11.7. The van der Waals surface area contributed by atoms with Crippen molar-refractivity contribution in [3.8, 4) is 0 Å². The molecule has 0 radical (unpaired) electrons. The van der Waals surface area contributed by atoms with Crippen molar-refractivity contribution in [2.24, 2.45) is 5.73 Å². The molecule has 8 heteroatoms. The topological polar surface area (TPSA) is 131 Å².